The van der Waals surface area contributed by atoms with Crippen molar-refractivity contribution in [2.75, 3.05) is 26.3 Å². The lowest BCUT2D eigenvalue weighted by molar-refractivity contribution is -0.00660. The van der Waals surface area contributed by atoms with Crippen molar-refractivity contribution in [2.24, 2.45) is 0 Å². The zero-order chi connectivity index (χ0) is 15.8. The van der Waals surface area contributed by atoms with E-state index in [4.69, 9.17) is 9.84 Å². The second-order valence-corrected chi connectivity index (χ2v) is 5.92. The quantitative estimate of drug-likeness (QED) is 0.770. The lowest BCUT2D eigenvalue weighted by Crippen LogP contribution is -2.45. The second kappa shape index (κ2) is 9.20. The van der Waals surface area contributed by atoms with Crippen molar-refractivity contribution in [1.82, 2.24) is 4.90 Å². The van der Waals surface area contributed by atoms with Crippen LogP contribution in [-0.4, -0.2) is 53.6 Å². The Bertz CT molecular complexity index is 442. The molecule has 0 radical (unpaired) electrons. The molecule has 1 aliphatic heterocycles. The molecule has 0 aliphatic carbocycles. The van der Waals surface area contributed by atoms with Crippen molar-refractivity contribution >= 4 is 0 Å². The van der Waals surface area contributed by atoms with Crippen LogP contribution in [0, 0.1) is 5.82 Å². The molecule has 0 unspecified atom stereocenters. The largest absolute Gasteiger partial charge is 0.396 e. The Labute approximate surface area is 131 Å². The van der Waals surface area contributed by atoms with E-state index in [0.29, 0.717) is 18.2 Å². The first-order valence-electron chi connectivity index (χ1n) is 8.05. The molecule has 1 aromatic carbocycles. The van der Waals surface area contributed by atoms with E-state index in [0.717, 1.165) is 25.8 Å². The molecule has 22 heavy (non-hydrogen) atoms. The zero-order valence-electron chi connectivity index (χ0n) is 13.0. The van der Waals surface area contributed by atoms with E-state index < -0.39 is 6.10 Å². The highest BCUT2D eigenvalue weighted by Crippen LogP contribution is 2.19. The molecule has 1 heterocycles. The Balaban J connectivity index is 1.72. The molecule has 2 rings (SSSR count). The van der Waals surface area contributed by atoms with Crippen LogP contribution in [0.1, 0.15) is 31.2 Å². The lowest BCUT2D eigenvalue weighted by atomic mass is 9.99. The first kappa shape index (κ1) is 17.3. The maximum absolute atomic E-state index is 13.4. The van der Waals surface area contributed by atoms with Crippen molar-refractivity contribution in [3.05, 3.63) is 35.6 Å². The van der Waals surface area contributed by atoms with Crippen molar-refractivity contribution < 1.29 is 19.3 Å². The molecule has 1 fully saturated rings. The van der Waals surface area contributed by atoms with Gasteiger partial charge in [-0.1, -0.05) is 24.6 Å². The number of aliphatic hydroxyl groups is 2. The summed E-state index contributed by atoms with van der Waals surface area (Å²) in [5.41, 5.74) is 0.505. The minimum absolute atomic E-state index is 0.170. The number of ether oxygens (including phenoxy) is 1. The number of aliphatic hydroxyl groups excluding tert-OH is 2. The smallest absolute Gasteiger partial charge is 0.128 e. The zero-order valence-corrected chi connectivity index (χ0v) is 13.0. The standard InChI is InChI=1S/C17H26FNO3/c18-17-7-2-1-5-14(17)12-22-13-16(21)11-19-9-4-3-6-15(19)8-10-20/h1-2,5,7,15-16,20-21H,3-4,6,8-13H2/t15-,16+/m1/s1. The van der Waals surface area contributed by atoms with E-state index in [9.17, 15) is 9.50 Å². The van der Waals surface area contributed by atoms with Gasteiger partial charge in [0.1, 0.15) is 5.82 Å². The molecular weight excluding hydrogens is 285 g/mol. The van der Waals surface area contributed by atoms with Gasteiger partial charge in [0.05, 0.1) is 19.3 Å². The van der Waals surface area contributed by atoms with Crippen molar-refractivity contribution in [3.8, 4) is 0 Å². The molecule has 0 spiro atoms. The summed E-state index contributed by atoms with van der Waals surface area (Å²) in [4.78, 5) is 2.23. The van der Waals surface area contributed by atoms with Crippen molar-refractivity contribution in [1.29, 1.82) is 0 Å². The van der Waals surface area contributed by atoms with Gasteiger partial charge in [-0.05, 0) is 31.9 Å². The first-order valence-corrected chi connectivity index (χ1v) is 8.05. The molecule has 5 heteroatoms. The highest BCUT2D eigenvalue weighted by molar-refractivity contribution is 5.16. The van der Waals surface area contributed by atoms with Crippen LogP contribution in [0.2, 0.25) is 0 Å². The average molecular weight is 311 g/mol. The van der Waals surface area contributed by atoms with Crippen LogP contribution in [0.25, 0.3) is 0 Å². The lowest BCUT2D eigenvalue weighted by Gasteiger charge is -2.36. The maximum Gasteiger partial charge on any atom is 0.128 e. The van der Waals surface area contributed by atoms with Gasteiger partial charge in [0.15, 0.2) is 0 Å². The molecule has 0 bridgehead atoms. The summed E-state index contributed by atoms with van der Waals surface area (Å²) in [6.07, 6.45) is 3.55. The van der Waals surface area contributed by atoms with E-state index in [-0.39, 0.29) is 25.6 Å². The Morgan fingerprint density at radius 1 is 1.32 bits per heavy atom. The third-order valence-corrected chi connectivity index (χ3v) is 4.18. The number of benzene rings is 1. The Morgan fingerprint density at radius 3 is 2.91 bits per heavy atom. The molecule has 0 amide bonds. The van der Waals surface area contributed by atoms with Gasteiger partial charge >= 0.3 is 0 Å². The SMILES string of the molecule is OCC[C@H]1CCCCN1C[C@H](O)COCc1ccccc1F. The van der Waals surface area contributed by atoms with E-state index in [1.807, 2.05) is 0 Å². The van der Waals surface area contributed by atoms with Gasteiger partial charge < -0.3 is 14.9 Å². The number of hydrogen-bond acceptors (Lipinski definition) is 4. The van der Waals surface area contributed by atoms with E-state index in [2.05, 4.69) is 4.90 Å². The highest BCUT2D eigenvalue weighted by Gasteiger charge is 2.23. The number of piperidine rings is 1. The number of nitrogens with zero attached hydrogens (tertiary/aromatic N) is 1. The monoisotopic (exact) mass is 311 g/mol. The summed E-state index contributed by atoms with van der Waals surface area (Å²) in [5, 5.41) is 19.2. The van der Waals surface area contributed by atoms with Crippen LogP contribution in [0.15, 0.2) is 24.3 Å². The predicted molar refractivity (Wildman–Crippen MR) is 83.0 cm³/mol. The number of halogens is 1. The topological polar surface area (TPSA) is 52.9 Å². The Kier molecular flexibility index (Phi) is 7.25. The van der Waals surface area contributed by atoms with Crippen LogP contribution in [0.3, 0.4) is 0 Å². The van der Waals surface area contributed by atoms with Gasteiger partial charge in [-0.3, -0.25) is 4.90 Å². The van der Waals surface area contributed by atoms with Crippen LogP contribution >= 0.6 is 0 Å². The normalized spacial score (nSPS) is 21.0. The van der Waals surface area contributed by atoms with Crippen molar-refractivity contribution in [3.63, 3.8) is 0 Å². The number of rotatable bonds is 8. The van der Waals surface area contributed by atoms with E-state index in [1.165, 1.54) is 12.5 Å². The second-order valence-electron chi connectivity index (χ2n) is 5.92. The molecule has 0 saturated carbocycles. The molecule has 2 atom stereocenters. The summed E-state index contributed by atoms with van der Waals surface area (Å²) in [6, 6.07) is 6.85. The third-order valence-electron chi connectivity index (χ3n) is 4.18. The molecule has 2 N–H and O–H groups in total. The molecule has 1 aromatic rings. The van der Waals surface area contributed by atoms with Crippen LogP contribution < -0.4 is 0 Å². The van der Waals surface area contributed by atoms with Crippen LogP contribution in [0.4, 0.5) is 4.39 Å². The van der Waals surface area contributed by atoms with Gasteiger partial charge in [-0.25, -0.2) is 4.39 Å². The summed E-state index contributed by atoms with van der Waals surface area (Å²) in [6.45, 7) is 2.04. The fourth-order valence-corrected chi connectivity index (χ4v) is 3.02. The average Bonchev–Trinajstić information content (AvgIpc) is 2.51. The summed E-state index contributed by atoms with van der Waals surface area (Å²) >= 11 is 0. The highest BCUT2D eigenvalue weighted by atomic mass is 19.1. The van der Waals surface area contributed by atoms with Crippen LogP contribution in [-0.2, 0) is 11.3 Å². The van der Waals surface area contributed by atoms with Gasteiger partial charge in [0, 0.05) is 24.8 Å². The summed E-state index contributed by atoms with van der Waals surface area (Å²) in [5.74, 6) is -0.281. The Morgan fingerprint density at radius 2 is 2.14 bits per heavy atom. The van der Waals surface area contributed by atoms with Crippen molar-refractivity contribution in [2.45, 2.75) is 44.4 Å². The molecule has 1 saturated heterocycles. The molecule has 124 valence electrons. The number of β-amino-alcohol motifs (C(OH)–C–C–N with tert-alkyl or cyclic N) is 1. The van der Waals surface area contributed by atoms with Gasteiger partial charge in [0.25, 0.3) is 0 Å². The molecular formula is C17H26FNO3. The van der Waals surface area contributed by atoms with Gasteiger partial charge in [-0.2, -0.15) is 0 Å². The Hall–Kier alpha value is -1.01. The fraction of sp³-hybridized carbons (Fsp3) is 0.647. The molecule has 0 aromatic heterocycles. The molecule has 1 aliphatic rings. The fourth-order valence-electron chi connectivity index (χ4n) is 3.02. The minimum atomic E-state index is -0.592. The number of likely N-dealkylation sites (tertiary alicyclic amines) is 1. The third kappa shape index (κ3) is 5.32. The van der Waals surface area contributed by atoms with Gasteiger partial charge in [0.2, 0.25) is 0 Å². The molecule has 4 nitrogen and oxygen atoms in total. The summed E-state index contributed by atoms with van der Waals surface area (Å²) < 4.78 is 18.9. The predicted octanol–water partition coefficient (Wildman–Crippen LogP) is 1.94. The van der Waals surface area contributed by atoms with E-state index in [1.54, 1.807) is 18.2 Å². The maximum atomic E-state index is 13.4. The first-order chi connectivity index (χ1) is 10.7. The van der Waals surface area contributed by atoms with Crippen LogP contribution in [0.5, 0.6) is 0 Å². The number of hydrogen-bond donors (Lipinski definition) is 2. The van der Waals surface area contributed by atoms with E-state index >= 15 is 0 Å². The summed E-state index contributed by atoms with van der Waals surface area (Å²) in [7, 11) is 0. The minimum Gasteiger partial charge on any atom is -0.396 e. The van der Waals surface area contributed by atoms with Gasteiger partial charge in [-0.15, -0.1) is 0 Å².